The molecular formula is C13H22N4. The normalized spacial score (nSPS) is 24.6. The monoisotopic (exact) mass is 234 g/mol. The lowest BCUT2D eigenvalue weighted by Crippen LogP contribution is -2.27. The van der Waals surface area contributed by atoms with Crippen molar-refractivity contribution in [2.45, 2.75) is 52.0 Å². The first-order valence-electron chi connectivity index (χ1n) is 6.56. The van der Waals surface area contributed by atoms with Gasteiger partial charge < -0.3 is 11.1 Å². The fraction of sp³-hybridized carbons (Fsp3) is 0.692. The summed E-state index contributed by atoms with van der Waals surface area (Å²) in [6.45, 7) is 4.37. The van der Waals surface area contributed by atoms with Gasteiger partial charge in [-0.3, -0.25) is 0 Å². The highest BCUT2D eigenvalue weighted by Crippen LogP contribution is 2.27. The summed E-state index contributed by atoms with van der Waals surface area (Å²) in [4.78, 5) is 8.45. The van der Waals surface area contributed by atoms with Crippen LogP contribution in [0, 0.1) is 5.92 Å². The predicted octanol–water partition coefficient (Wildman–Crippen LogP) is 2.61. The number of nitrogen functional groups attached to an aromatic ring is 1. The zero-order chi connectivity index (χ0) is 12.3. The number of aryl methyl sites for hydroxylation is 1. The lowest BCUT2D eigenvalue weighted by atomic mass is 9.87. The molecule has 0 saturated heterocycles. The third-order valence-electron chi connectivity index (χ3n) is 3.58. The minimum atomic E-state index is 0.514. The van der Waals surface area contributed by atoms with E-state index in [1.807, 2.05) is 0 Å². The van der Waals surface area contributed by atoms with E-state index in [0.29, 0.717) is 11.7 Å². The molecule has 0 amide bonds. The molecule has 2 unspecified atom stereocenters. The van der Waals surface area contributed by atoms with Crippen molar-refractivity contribution < 1.29 is 0 Å². The molecule has 4 nitrogen and oxygen atoms in total. The number of hydrogen-bond acceptors (Lipinski definition) is 4. The number of hydrogen-bond donors (Lipinski definition) is 2. The van der Waals surface area contributed by atoms with Crippen molar-refractivity contribution >= 4 is 11.5 Å². The van der Waals surface area contributed by atoms with Gasteiger partial charge in [-0.2, -0.15) is 0 Å². The van der Waals surface area contributed by atoms with Gasteiger partial charge in [0, 0.05) is 6.04 Å². The second-order valence-corrected chi connectivity index (χ2v) is 5.05. The van der Waals surface area contributed by atoms with E-state index in [4.69, 9.17) is 5.73 Å². The molecule has 0 radical (unpaired) electrons. The molecule has 4 heteroatoms. The molecule has 1 aromatic rings. The molecule has 0 bridgehead atoms. The van der Waals surface area contributed by atoms with Gasteiger partial charge in [-0.15, -0.1) is 0 Å². The maximum absolute atomic E-state index is 6.06. The Morgan fingerprint density at radius 1 is 1.41 bits per heavy atom. The Balaban J connectivity index is 2.07. The maximum atomic E-state index is 6.06. The van der Waals surface area contributed by atoms with Crippen molar-refractivity contribution in [3.8, 4) is 0 Å². The average molecular weight is 234 g/mol. The average Bonchev–Trinajstić information content (AvgIpc) is 2.32. The molecule has 2 rings (SSSR count). The molecule has 17 heavy (non-hydrogen) atoms. The zero-order valence-electron chi connectivity index (χ0n) is 10.7. The van der Waals surface area contributed by atoms with Crippen molar-refractivity contribution in [3.63, 3.8) is 0 Å². The molecule has 1 aromatic heterocycles. The van der Waals surface area contributed by atoms with Crippen LogP contribution in [0.4, 0.5) is 11.5 Å². The Hall–Kier alpha value is -1.32. The maximum Gasteiger partial charge on any atom is 0.153 e. The highest BCUT2D eigenvalue weighted by molar-refractivity contribution is 5.63. The third kappa shape index (κ3) is 2.87. The van der Waals surface area contributed by atoms with E-state index in [-0.39, 0.29) is 0 Å². The summed E-state index contributed by atoms with van der Waals surface area (Å²) in [5.74, 6) is 1.62. The van der Waals surface area contributed by atoms with Gasteiger partial charge in [-0.1, -0.05) is 26.7 Å². The van der Waals surface area contributed by atoms with E-state index < -0.39 is 0 Å². The molecule has 0 aliphatic heterocycles. The minimum Gasteiger partial charge on any atom is -0.394 e. The number of nitrogens with two attached hydrogens (primary N) is 1. The molecule has 0 aromatic carbocycles. The van der Waals surface area contributed by atoms with E-state index in [1.165, 1.54) is 25.7 Å². The molecule has 1 aliphatic rings. The Kier molecular flexibility index (Phi) is 3.82. The van der Waals surface area contributed by atoms with Gasteiger partial charge in [0.2, 0.25) is 0 Å². The molecular weight excluding hydrogens is 212 g/mol. The molecule has 3 N–H and O–H groups in total. The van der Waals surface area contributed by atoms with Gasteiger partial charge in [0.05, 0.1) is 11.4 Å². The summed E-state index contributed by atoms with van der Waals surface area (Å²) in [5, 5.41) is 3.48. The van der Waals surface area contributed by atoms with Crippen molar-refractivity contribution in [2.75, 3.05) is 11.1 Å². The first-order chi connectivity index (χ1) is 8.20. The predicted molar refractivity (Wildman–Crippen MR) is 70.9 cm³/mol. The second-order valence-electron chi connectivity index (χ2n) is 5.05. The lowest BCUT2D eigenvalue weighted by Gasteiger charge is -2.28. The van der Waals surface area contributed by atoms with Gasteiger partial charge >= 0.3 is 0 Å². The van der Waals surface area contributed by atoms with Gasteiger partial charge in [0.25, 0.3) is 0 Å². The molecule has 1 fully saturated rings. The molecule has 2 atom stereocenters. The summed E-state index contributed by atoms with van der Waals surface area (Å²) >= 11 is 0. The largest absolute Gasteiger partial charge is 0.394 e. The summed E-state index contributed by atoms with van der Waals surface area (Å²) in [7, 11) is 0. The topological polar surface area (TPSA) is 63.8 Å². The summed E-state index contributed by atoms with van der Waals surface area (Å²) < 4.78 is 0. The summed E-state index contributed by atoms with van der Waals surface area (Å²) in [5.41, 5.74) is 7.71. The highest BCUT2D eigenvalue weighted by atomic mass is 15.1. The van der Waals surface area contributed by atoms with Crippen LogP contribution in [0.1, 0.15) is 45.2 Å². The Morgan fingerprint density at radius 3 is 2.94 bits per heavy atom. The zero-order valence-corrected chi connectivity index (χ0v) is 10.7. The lowest BCUT2D eigenvalue weighted by molar-refractivity contribution is 0.358. The van der Waals surface area contributed by atoms with Crippen LogP contribution in [0.2, 0.25) is 0 Å². The quantitative estimate of drug-likeness (QED) is 0.843. The molecule has 1 saturated carbocycles. The van der Waals surface area contributed by atoms with Crippen molar-refractivity contribution in [1.82, 2.24) is 9.97 Å². The van der Waals surface area contributed by atoms with Crippen LogP contribution in [0.25, 0.3) is 0 Å². The number of aromatic nitrogens is 2. The van der Waals surface area contributed by atoms with Crippen LogP contribution in [0.3, 0.4) is 0 Å². The van der Waals surface area contributed by atoms with Gasteiger partial charge in [0.1, 0.15) is 6.33 Å². The molecule has 1 aliphatic carbocycles. The standard InChI is InChI=1S/C13H22N4/c1-3-11-12(14)13(16-8-15-11)17-10-6-4-5-9(2)7-10/h8-10H,3-7,14H2,1-2H3,(H,15,16,17). The minimum absolute atomic E-state index is 0.514. The number of rotatable bonds is 3. The van der Waals surface area contributed by atoms with Crippen LogP contribution < -0.4 is 11.1 Å². The van der Waals surface area contributed by atoms with Crippen molar-refractivity contribution in [2.24, 2.45) is 5.92 Å². The Bertz CT molecular complexity index is 378. The van der Waals surface area contributed by atoms with E-state index in [0.717, 1.165) is 23.9 Å². The van der Waals surface area contributed by atoms with Gasteiger partial charge in [-0.05, 0) is 25.2 Å². The SMILES string of the molecule is CCc1ncnc(NC2CCCC(C)C2)c1N. The highest BCUT2D eigenvalue weighted by Gasteiger charge is 2.20. The number of nitrogens with one attached hydrogen (secondary N) is 1. The first-order valence-corrected chi connectivity index (χ1v) is 6.56. The smallest absolute Gasteiger partial charge is 0.153 e. The van der Waals surface area contributed by atoms with E-state index in [2.05, 4.69) is 29.1 Å². The van der Waals surface area contributed by atoms with Crippen LogP contribution in [0.15, 0.2) is 6.33 Å². The van der Waals surface area contributed by atoms with Crippen LogP contribution in [-0.4, -0.2) is 16.0 Å². The van der Waals surface area contributed by atoms with Crippen molar-refractivity contribution in [1.29, 1.82) is 0 Å². The Morgan fingerprint density at radius 2 is 2.24 bits per heavy atom. The van der Waals surface area contributed by atoms with Crippen LogP contribution in [0.5, 0.6) is 0 Å². The molecule has 1 heterocycles. The van der Waals surface area contributed by atoms with Crippen molar-refractivity contribution in [3.05, 3.63) is 12.0 Å². The van der Waals surface area contributed by atoms with E-state index in [9.17, 15) is 0 Å². The first kappa shape index (κ1) is 12.1. The fourth-order valence-electron chi connectivity index (χ4n) is 2.59. The summed E-state index contributed by atoms with van der Waals surface area (Å²) in [6.07, 6.45) is 7.52. The number of anilines is 2. The fourth-order valence-corrected chi connectivity index (χ4v) is 2.59. The second kappa shape index (κ2) is 5.34. The Labute approximate surface area is 103 Å². The van der Waals surface area contributed by atoms with Gasteiger partial charge in [0.15, 0.2) is 5.82 Å². The van der Waals surface area contributed by atoms with Crippen LogP contribution in [-0.2, 0) is 6.42 Å². The molecule has 94 valence electrons. The van der Waals surface area contributed by atoms with Crippen LogP contribution >= 0.6 is 0 Å². The number of nitrogens with zero attached hydrogens (tertiary/aromatic N) is 2. The molecule has 0 spiro atoms. The van der Waals surface area contributed by atoms with Gasteiger partial charge in [-0.25, -0.2) is 9.97 Å². The third-order valence-corrected chi connectivity index (χ3v) is 3.58. The summed E-state index contributed by atoms with van der Waals surface area (Å²) in [6, 6.07) is 0.514. The van der Waals surface area contributed by atoms with E-state index in [1.54, 1.807) is 6.33 Å². The van der Waals surface area contributed by atoms with E-state index >= 15 is 0 Å².